The Hall–Kier alpha value is -5.19. The molecule has 3 saturated heterocycles. The average Bonchev–Trinajstić information content (AvgIpc) is 3.76. The lowest BCUT2D eigenvalue weighted by Gasteiger charge is -2.40. The van der Waals surface area contributed by atoms with Crippen LogP contribution in [0.2, 0.25) is 5.02 Å². The van der Waals surface area contributed by atoms with Gasteiger partial charge in [-0.2, -0.15) is 0 Å². The molecule has 0 saturated carbocycles. The molecule has 0 aliphatic carbocycles. The van der Waals surface area contributed by atoms with Crippen LogP contribution in [-0.2, 0) is 28.8 Å². The highest BCUT2D eigenvalue weighted by Crippen LogP contribution is 2.52. The number of ketones is 2. The Morgan fingerprint density at radius 1 is 1.18 bits per heavy atom. The number of fused-ring (bicyclic) bond motifs is 1. The molecular formula is C26H24ClN7O13S2. The van der Waals surface area contributed by atoms with E-state index in [4.69, 9.17) is 27.3 Å². The number of β-lactam (4-membered cyclic amide) rings is 1. The molecule has 23 heteroatoms. The first-order chi connectivity index (χ1) is 23.1. The number of thioether (sulfide) groups is 1. The summed E-state index contributed by atoms with van der Waals surface area (Å²) in [6.07, 6.45) is -2.37. The first-order valence-corrected chi connectivity index (χ1v) is 15.9. The number of aliphatic hydroxyl groups excluding tert-OH is 1. The van der Waals surface area contributed by atoms with Crippen molar-refractivity contribution in [2.24, 2.45) is 11.1 Å². The predicted octanol–water partition coefficient (Wildman–Crippen LogP) is -1.12. The maximum atomic E-state index is 13.4. The van der Waals surface area contributed by atoms with Gasteiger partial charge in [-0.25, -0.2) is 24.4 Å². The Morgan fingerprint density at radius 2 is 1.90 bits per heavy atom. The summed E-state index contributed by atoms with van der Waals surface area (Å²) in [4.78, 5) is 97.9. The molecule has 2 aromatic rings. The number of carboxylic acids is 2. The van der Waals surface area contributed by atoms with Crippen LogP contribution in [0.25, 0.3) is 0 Å². The number of anilines is 1. The number of amides is 4. The fourth-order valence-electron chi connectivity index (χ4n) is 5.15. The topological polar surface area (TPSA) is 303 Å². The van der Waals surface area contributed by atoms with Crippen molar-refractivity contribution >= 4 is 86.9 Å². The molecule has 3 aliphatic heterocycles. The van der Waals surface area contributed by atoms with Crippen molar-refractivity contribution in [3.63, 3.8) is 0 Å². The number of rotatable bonds is 13. The fraction of sp³-hybridized carbons (Fsp3) is 0.346. The zero-order valence-electron chi connectivity index (χ0n) is 24.5. The van der Waals surface area contributed by atoms with Crippen molar-refractivity contribution < 1.29 is 63.9 Å². The minimum absolute atomic E-state index is 0.0317. The highest BCUT2D eigenvalue weighted by Gasteiger charge is 2.66. The maximum Gasteiger partial charge on any atom is 0.350 e. The van der Waals surface area contributed by atoms with Gasteiger partial charge in [0.15, 0.2) is 28.1 Å². The van der Waals surface area contributed by atoms with Gasteiger partial charge in [0.1, 0.15) is 5.69 Å². The zero-order valence-corrected chi connectivity index (χ0v) is 26.9. The molecule has 1 aromatic heterocycles. The zero-order chi connectivity index (χ0) is 35.9. The van der Waals surface area contributed by atoms with Crippen molar-refractivity contribution in [3.05, 3.63) is 33.8 Å². The normalized spacial score (nSPS) is 22.4. The van der Waals surface area contributed by atoms with Gasteiger partial charge in [0, 0.05) is 18.3 Å². The smallest absolute Gasteiger partial charge is 0.350 e. The molecule has 0 radical (unpaired) electrons. The largest absolute Gasteiger partial charge is 0.504 e. The van der Waals surface area contributed by atoms with Crippen LogP contribution in [0.3, 0.4) is 0 Å². The number of urea groups is 1. The number of oxime groups is 1. The molecule has 3 fully saturated rings. The Balaban J connectivity index is 1.30. The lowest BCUT2D eigenvalue weighted by atomic mass is 9.90. The number of phenols is 2. The van der Waals surface area contributed by atoms with Gasteiger partial charge in [-0.1, -0.05) is 28.5 Å². The summed E-state index contributed by atoms with van der Waals surface area (Å²) in [5.74, 6) is -9.77. The number of hydrogen-bond donors (Lipinski definition) is 7. The number of aliphatic carboxylic acids is 2. The highest BCUT2D eigenvalue weighted by atomic mass is 35.5. The first-order valence-electron chi connectivity index (χ1n) is 13.8. The number of Topliss-reactive ketones (excluding diaryl/α,β-unsaturated/α-hetero) is 2. The quantitative estimate of drug-likeness (QED) is 0.0319. The number of nitrogen functional groups attached to an aromatic ring is 1. The van der Waals surface area contributed by atoms with Crippen molar-refractivity contribution in [2.75, 3.05) is 32.0 Å². The van der Waals surface area contributed by atoms with E-state index < -0.39 is 111 Å². The summed E-state index contributed by atoms with van der Waals surface area (Å²) >= 11 is 7.49. The van der Waals surface area contributed by atoms with Crippen molar-refractivity contribution in [2.45, 2.75) is 22.8 Å². The molecule has 3 aliphatic rings. The molecule has 4 heterocycles. The third-order valence-electron chi connectivity index (χ3n) is 7.66. The van der Waals surface area contributed by atoms with E-state index in [9.17, 15) is 54.0 Å². The molecule has 1 unspecified atom stereocenters. The van der Waals surface area contributed by atoms with Gasteiger partial charge in [-0.15, -0.1) is 11.3 Å². The van der Waals surface area contributed by atoms with Gasteiger partial charge in [0.2, 0.25) is 16.9 Å². The number of hydrazine groups is 1. The summed E-state index contributed by atoms with van der Waals surface area (Å²) in [6.45, 7) is -2.00. The van der Waals surface area contributed by atoms with Gasteiger partial charge in [0.25, 0.3) is 5.78 Å². The van der Waals surface area contributed by atoms with E-state index in [0.717, 1.165) is 33.3 Å². The number of halogens is 1. The second kappa shape index (κ2) is 13.4. The van der Waals surface area contributed by atoms with E-state index in [1.165, 1.54) is 5.38 Å². The number of nitrogens with one attached hydrogen (secondary N) is 1. The number of aliphatic hydroxyl groups is 1. The number of carbonyl (C=O) groups is 7. The lowest BCUT2D eigenvalue weighted by molar-refractivity contribution is -0.154. The number of aromatic nitrogens is 1. The SMILES string of the molecule is Nc1nc(/C(=N/OC(CO)C(=O)O)C(=O)C[C@@H]2C(=O)N3C[C@@](C(=O)O)(N4CCN(NC(=O)C(=O)c5ccc(O)c(O)c5Cl)C4=O)S[C@H]23)cs1. The lowest BCUT2D eigenvalue weighted by Crippen LogP contribution is -2.60. The fourth-order valence-corrected chi connectivity index (χ4v) is 7.64. The highest BCUT2D eigenvalue weighted by molar-refractivity contribution is 8.02. The summed E-state index contributed by atoms with van der Waals surface area (Å²) in [6, 6.07) is 0.875. The molecule has 49 heavy (non-hydrogen) atoms. The van der Waals surface area contributed by atoms with E-state index >= 15 is 0 Å². The van der Waals surface area contributed by atoms with Crippen molar-refractivity contribution in [3.8, 4) is 11.5 Å². The van der Waals surface area contributed by atoms with E-state index in [-0.39, 0.29) is 23.9 Å². The van der Waals surface area contributed by atoms with Gasteiger partial charge in [0.05, 0.1) is 41.6 Å². The Kier molecular flexibility index (Phi) is 9.59. The molecule has 260 valence electrons. The second-order valence-corrected chi connectivity index (χ2v) is 13.2. The second-order valence-electron chi connectivity index (χ2n) is 10.6. The summed E-state index contributed by atoms with van der Waals surface area (Å²) in [5, 5.41) is 52.1. The Labute approximate surface area is 286 Å². The summed E-state index contributed by atoms with van der Waals surface area (Å²) < 4.78 is 0. The number of nitrogens with zero attached hydrogens (tertiary/aromatic N) is 5. The number of benzene rings is 1. The minimum atomic E-state index is -2.07. The molecule has 8 N–H and O–H groups in total. The predicted molar refractivity (Wildman–Crippen MR) is 165 cm³/mol. The third-order valence-corrected chi connectivity index (χ3v) is 10.5. The third kappa shape index (κ3) is 6.25. The Bertz CT molecular complexity index is 1820. The molecule has 5 rings (SSSR count). The minimum Gasteiger partial charge on any atom is -0.504 e. The number of carbonyl (C=O) groups excluding carboxylic acids is 5. The van der Waals surface area contributed by atoms with Gasteiger partial charge in [-0.05, 0) is 12.1 Å². The molecule has 0 spiro atoms. The molecule has 20 nitrogen and oxygen atoms in total. The van der Waals surface area contributed by atoms with E-state index in [2.05, 4.69) is 15.6 Å². The molecular weight excluding hydrogens is 718 g/mol. The van der Waals surface area contributed by atoms with Gasteiger partial charge >= 0.3 is 23.9 Å². The number of nitrogens with two attached hydrogens (primary N) is 1. The molecule has 4 atom stereocenters. The number of thiazole rings is 1. The van der Waals surface area contributed by atoms with E-state index in [1.54, 1.807) is 0 Å². The molecule has 0 bridgehead atoms. The number of phenolic OH excluding ortho intramolecular Hbond substituents is 2. The van der Waals surface area contributed by atoms with Crippen molar-refractivity contribution in [1.29, 1.82) is 0 Å². The summed E-state index contributed by atoms with van der Waals surface area (Å²) in [7, 11) is 0. The maximum absolute atomic E-state index is 13.4. The Morgan fingerprint density at radius 3 is 2.51 bits per heavy atom. The van der Waals surface area contributed by atoms with Crippen LogP contribution in [0.5, 0.6) is 11.5 Å². The summed E-state index contributed by atoms with van der Waals surface area (Å²) in [5.41, 5.74) is 6.65. The standard InChI is InChI=1S/C26H24ClN7O13S2/c27-15-9(1-2-12(36)18(15)39)17(38)19(40)30-34-4-3-33(25(34)46)26(23(44)45)8-32-20(41)10(21(32)49-26)5-13(37)16(11-7-48-24(28)29-11)31-47-14(6-35)22(42)43/h1-2,7,10,14,21,35-36,39H,3-6,8H2,(H2,28,29)(H,30,40)(H,42,43)(H,44,45)/b31-16-/t10-,14?,21-,26-/m1/s1. The number of carboxylic acid groups (broad SMARTS) is 2. The van der Waals surface area contributed by atoms with Crippen LogP contribution in [0, 0.1) is 5.92 Å². The molecule has 1 aromatic carbocycles. The van der Waals surface area contributed by atoms with Crippen LogP contribution < -0.4 is 11.2 Å². The molecule has 4 amide bonds. The van der Waals surface area contributed by atoms with Crippen LogP contribution >= 0.6 is 34.7 Å². The van der Waals surface area contributed by atoms with Crippen LogP contribution in [0.4, 0.5) is 9.93 Å². The van der Waals surface area contributed by atoms with Crippen LogP contribution in [0.15, 0.2) is 22.7 Å². The number of aromatic hydroxyl groups is 2. The van der Waals surface area contributed by atoms with E-state index in [1.807, 2.05) is 0 Å². The first kappa shape index (κ1) is 35.1. The average molecular weight is 742 g/mol. The monoisotopic (exact) mass is 741 g/mol. The van der Waals surface area contributed by atoms with Gasteiger partial charge < -0.3 is 41.0 Å². The van der Waals surface area contributed by atoms with Crippen molar-refractivity contribution in [1.82, 2.24) is 25.2 Å². The van der Waals surface area contributed by atoms with E-state index in [0.29, 0.717) is 16.8 Å². The van der Waals surface area contributed by atoms with Crippen LogP contribution in [-0.4, -0.2) is 135 Å². The van der Waals surface area contributed by atoms with Gasteiger partial charge in [-0.3, -0.25) is 29.5 Å². The number of hydrogen-bond acceptors (Lipinski definition) is 16. The van der Waals surface area contributed by atoms with Crippen LogP contribution in [0.1, 0.15) is 22.5 Å².